The molecule has 30 heavy (non-hydrogen) atoms. The Balaban J connectivity index is 1.69. The predicted octanol–water partition coefficient (Wildman–Crippen LogP) is 4.53. The van der Waals surface area contributed by atoms with Gasteiger partial charge in [0.15, 0.2) is 0 Å². The minimum atomic E-state index is -0.245. The number of carbonyl (C=O) groups is 1. The Labute approximate surface area is 174 Å². The Hall–Kier alpha value is -3.54. The van der Waals surface area contributed by atoms with E-state index in [1.807, 2.05) is 19.1 Å². The summed E-state index contributed by atoms with van der Waals surface area (Å²) in [6, 6.07) is 11.6. The Bertz CT molecular complexity index is 1320. The molecule has 1 aromatic carbocycles. The van der Waals surface area contributed by atoms with Gasteiger partial charge in [-0.2, -0.15) is 5.10 Å². The molecule has 1 aliphatic carbocycles. The zero-order valence-corrected chi connectivity index (χ0v) is 17.3. The number of benzene rings is 1. The Kier molecular flexibility index (Phi) is 4.17. The number of pyridine rings is 2. The summed E-state index contributed by atoms with van der Waals surface area (Å²) in [5.74, 6) is -0.245. The normalized spacial score (nSPS) is 16.7. The number of aromatic amines is 1. The second-order valence-corrected chi connectivity index (χ2v) is 8.69. The number of amides is 1. The summed E-state index contributed by atoms with van der Waals surface area (Å²) in [5.41, 5.74) is 9.33. The molecule has 0 radical (unpaired) electrons. The van der Waals surface area contributed by atoms with Crippen LogP contribution in [0.2, 0.25) is 0 Å². The minimum absolute atomic E-state index is 0.00640. The van der Waals surface area contributed by atoms with Crippen LogP contribution in [0.4, 0.5) is 0 Å². The van der Waals surface area contributed by atoms with Crippen molar-refractivity contribution in [2.45, 2.75) is 33.6 Å². The lowest BCUT2D eigenvalue weighted by Crippen LogP contribution is -2.31. The monoisotopic (exact) mass is 397 g/mol. The highest BCUT2D eigenvalue weighted by Crippen LogP contribution is 2.40. The molecule has 4 aromatic rings. The van der Waals surface area contributed by atoms with Gasteiger partial charge in [0, 0.05) is 39.8 Å². The van der Waals surface area contributed by atoms with Crippen LogP contribution < -0.4 is 5.43 Å². The van der Waals surface area contributed by atoms with Gasteiger partial charge in [-0.25, -0.2) is 5.43 Å². The van der Waals surface area contributed by atoms with Crippen molar-refractivity contribution in [1.29, 1.82) is 0 Å². The topological polar surface area (TPSA) is 83.0 Å². The first-order chi connectivity index (χ1) is 14.4. The van der Waals surface area contributed by atoms with E-state index in [0.29, 0.717) is 5.56 Å². The average Bonchev–Trinajstić information content (AvgIpc) is 3.12. The van der Waals surface area contributed by atoms with Gasteiger partial charge in [-0.15, -0.1) is 0 Å². The summed E-state index contributed by atoms with van der Waals surface area (Å²) in [5, 5.41) is 6.90. The molecule has 2 N–H and O–H groups in total. The predicted molar refractivity (Wildman–Crippen MR) is 119 cm³/mol. The van der Waals surface area contributed by atoms with Crippen LogP contribution >= 0.6 is 0 Å². The lowest BCUT2D eigenvalue weighted by molar-refractivity contribution is 0.0954. The van der Waals surface area contributed by atoms with E-state index in [4.69, 9.17) is 4.98 Å². The SMILES string of the molecule is Cc1nc2c(c3c1[nH]c1ccccc13)/C(=N/NC(=O)c1ccncc1)CC(C)(C)C2. The number of hydrazone groups is 1. The molecule has 0 fully saturated rings. The Morgan fingerprint density at radius 2 is 1.90 bits per heavy atom. The van der Waals surface area contributed by atoms with Crippen LogP contribution in [0.15, 0.2) is 53.9 Å². The summed E-state index contributed by atoms with van der Waals surface area (Å²) >= 11 is 0. The van der Waals surface area contributed by atoms with Crippen LogP contribution in [-0.4, -0.2) is 26.6 Å². The second-order valence-electron chi connectivity index (χ2n) is 8.69. The number of aromatic nitrogens is 3. The maximum atomic E-state index is 12.6. The zero-order chi connectivity index (χ0) is 20.9. The quantitative estimate of drug-likeness (QED) is 0.488. The molecule has 0 saturated heterocycles. The standard InChI is InChI=1S/C24H23N5O/c1-14-22-20(16-6-4-5-7-17(16)27-22)21-18(26-14)12-24(2,3)13-19(21)28-29-23(30)15-8-10-25-11-9-15/h4-11,27H,12-13H2,1-3H3,(H,29,30)/b28-19+. The number of carbonyl (C=O) groups excluding carboxylic acids is 1. The van der Waals surface area contributed by atoms with Crippen LogP contribution in [0, 0.1) is 12.3 Å². The van der Waals surface area contributed by atoms with E-state index in [2.05, 4.69) is 46.5 Å². The molecule has 0 unspecified atom stereocenters. The van der Waals surface area contributed by atoms with Crippen LogP contribution in [0.5, 0.6) is 0 Å². The van der Waals surface area contributed by atoms with Gasteiger partial charge >= 0.3 is 0 Å². The van der Waals surface area contributed by atoms with Crippen LogP contribution in [0.25, 0.3) is 21.8 Å². The van der Waals surface area contributed by atoms with E-state index >= 15 is 0 Å². The third kappa shape index (κ3) is 3.05. The van der Waals surface area contributed by atoms with Gasteiger partial charge in [-0.05, 0) is 43.4 Å². The van der Waals surface area contributed by atoms with E-state index < -0.39 is 0 Å². The van der Waals surface area contributed by atoms with Crippen molar-refractivity contribution >= 4 is 33.4 Å². The van der Waals surface area contributed by atoms with Crippen LogP contribution in [0.1, 0.15) is 47.6 Å². The first-order valence-corrected chi connectivity index (χ1v) is 10.1. The summed E-state index contributed by atoms with van der Waals surface area (Å²) in [7, 11) is 0. The maximum absolute atomic E-state index is 12.6. The lowest BCUT2D eigenvalue weighted by atomic mass is 9.74. The number of fused-ring (bicyclic) bond motifs is 5. The molecule has 0 atom stereocenters. The molecule has 0 aliphatic heterocycles. The van der Waals surface area contributed by atoms with Gasteiger partial charge in [0.05, 0.1) is 22.6 Å². The molecule has 5 rings (SSSR count). The highest BCUT2D eigenvalue weighted by atomic mass is 16.2. The summed E-state index contributed by atoms with van der Waals surface area (Å²) in [4.78, 5) is 25.0. The largest absolute Gasteiger partial charge is 0.353 e. The van der Waals surface area contributed by atoms with Crippen molar-refractivity contribution in [3.8, 4) is 0 Å². The second kappa shape index (κ2) is 6.76. The molecular weight excluding hydrogens is 374 g/mol. The van der Waals surface area contributed by atoms with Crippen LogP contribution in [0.3, 0.4) is 0 Å². The molecule has 3 heterocycles. The number of hydrogen-bond acceptors (Lipinski definition) is 4. The number of aryl methyl sites for hydroxylation is 1. The number of para-hydroxylation sites is 1. The van der Waals surface area contributed by atoms with Crippen molar-refractivity contribution < 1.29 is 4.79 Å². The summed E-state index contributed by atoms with van der Waals surface area (Å²) < 4.78 is 0. The van der Waals surface area contributed by atoms with Gasteiger partial charge in [0.1, 0.15) is 0 Å². The van der Waals surface area contributed by atoms with E-state index in [1.165, 1.54) is 0 Å². The third-order valence-corrected chi connectivity index (χ3v) is 5.72. The molecule has 1 amide bonds. The van der Waals surface area contributed by atoms with Gasteiger partial charge in [0.25, 0.3) is 5.91 Å². The van der Waals surface area contributed by atoms with Crippen molar-refractivity contribution in [1.82, 2.24) is 20.4 Å². The Morgan fingerprint density at radius 1 is 1.13 bits per heavy atom. The fourth-order valence-electron chi connectivity index (χ4n) is 4.41. The van der Waals surface area contributed by atoms with Crippen LogP contribution in [-0.2, 0) is 6.42 Å². The van der Waals surface area contributed by atoms with Gasteiger partial charge < -0.3 is 4.98 Å². The molecule has 6 heteroatoms. The zero-order valence-electron chi connectivity index (χ0n) is 17.3. The van der Waals surface area contributed by atoms with Crippen molar-refractivity contribution in [2.24, 2.45) is 10.5 Å². The first-order valence-electron chi connectivity index (χ1n) is 10.1. The van der Waals surface area contributed by atoms with E-state index in [-0.39, 0.29) is 11.3 Å². The van der Waals surface area contributed by atoms with Gasteiger partial charge in [-0.1, -0.05) is 32.0 Å². The number of nitrogens with zero attached hydrogens (tertiary/aromatic N) is 3. The molecule has 1 aliphatic rings. The number of H-pyrrole nitrogens is 1. The summed E-state index contributed by atoms with van der Waals surface area (Å²) in [6.07, 6.45) is 4.83. The minimum Gasteiger partial charge on any atom is -0.353 e. The summed E-state index contributed by atoms with van der Waals surface area (Å²) in [6.45, 7) is 6.47. The maximum Gasteiger partial charge on any atom is 0.271 e. The van der Waals surface area contributed by atoms with Gasteiger partial charge in [0.2, 0.25) is 0 Å². The number of hydrogen-bond donors (Lipinski definition) is 2. The lowest BCUT2D eigenvalue weighted by Gasteiger charge is -2.32. The molecule has 3 aromatic heterocycles. The Morgan fingerprint density at radius 3 is 2.70 bits per heavy atom. The molecule has 0 bridgehead atoms. The molecule has 150 valence electrons. The smallest absolute Gasteiger partial charge is 0.271 e. The fraction of sp³-hybridized carbons (Fsp3) is 0.250. The molecule has 0 spiro atoms. The average molecular weight is 397 g/mol. The van der Waals surface area contributed by atoms with Crippen molar-refractivity contribution in [3.05, 3.63) is 71.3 Å². The highest BCUT2D eigenvalue weighted by Gasteiger charge is 2.33. The first kappa shape index (κ1) is 18.5. The van der Waals surface area contributed by atoms with E-state index in [1.54, 1.807) is 24.5 Å². The van der Waals surface area contributed by atoms with Gasteiger partial charge in [-0.3, -0.25) is 14.8 Å². The third-order valence-electron chi connectivity index (χ3n) is 5.72. The van der Waals surface area contributed by atoms with E-state index in [0.717, 1.165) is 57.3 Å². The number of nitrogens with one attached hydrogen (secondary N) is 2. The van der Waals surface area contributed by atoms with E-state index in [9.17, 15) is 4.79 Å². The molecule has 0 saturated carbocycles. The van der Waals surface area contributed by atoms with Crippen molar-refractivity contribution in [3.63, 3.8) is 0 Å². The molecule has 6 nitrogen and oxygen atoms in total. The molecular formula is C24H23N5O. The fourth-order valence-corrected chi connectivity index (χ4v) is 4.41. The highest BCUT2D eigenvalue weighted by molar-refractivity contribution is 6.21. The van der Waals surface area contributed by atoms with Crippen molar-refractivity contribution in [2.75, 3.05) is 0 Å². The number of rotatable bonds is 2.